The SMILES string of the molecule is CCOC(=O)c1sc(NC(=O)COc2ccc(CC)cc2)cc1C. The van der Waals surface area contributed by atoms with Gasteiger partial charge in [0, 0.05) is 0 Å². The molecule has 0 aliphatic rings. The maximum Gasteiger partial charge on any atom is 0.348 e. The maximum atomic E-state index is 12.0. The Bertz CT molecular complexity index is 706. The summed E-state index contributed by atoms with van der Waals surface area (Å²) in [4.78, 5) is 24.3. The van der Waals surface area contributed by atoms with E-state index in [0.717, 1.165) is 12.0 Å². The highest BCUT2D eigenvalue weighted by Crippen LogP contribution is 2.27. The van der Waals surface area contributed by atoms with Crippen molar-refractivity contribution in [2.45, 2.75) is 27.2 Å². The summed E-state index contributed by atoms with van der Waals surface area (Å²) in [5.41, 5.74) is 2.00. The van der Waals surface area contributed by atoms with E-state index in [1.165, 1.54) is 16.9 Å². The minimum atomic E-state index is -0.368. The Hall–Kier alpha value is -2.34. The highest BCUT2D eigenvalue weighted by atomic mass is 32.1. The van der Waals surface area contributed by atoms with Crippen LogP contribution in [0.2, 0.25) is 0 Å². The molecule has 0 atom stereocenters. The van der Waals surface area contributed by atoms with E-state index in [-0.39, 0.29) is 18.5 Å². The third-order valence-corrected chi connectivity index (χ3v) is 4.48. The van der Waals surface area contributed by atoms with Crippen LogP contribution in [0.5, 0.6) is 5.75 Å². The smallest absolute Gasteiger partial charge is 0.348 e. The van der Waals surface area contributed by atoms with Gasteiger partial charge < -0.3 is 14.8 Å². The molecular weight excluding hydrogens is 326 g/mol. The first-order chi connectivity index (χ1) is 11.5. The van der Waals surface area contributed by atoms with Gasteiger partial charge in [-0.3, -0.25) is 4.79 Å². The van der Waals surface area contributed by atoms with Gasteiger partial charge in [-0.25, -0.2) is 4.79 Å². The molecule has 0 spiro atoms. The third kappa shape index (κ3) is 4.83. The predicted molar refractivity (Wildman–Crippen MR) is 95.0 cm³/mol. The number of thiophene rings is 1. The lowest BCUT2D eigenvalue weighted by atomic mass is 10.2. The van der Waals surface area contributed by atoms with Crippen LogP contribution in [0.15, 0.2) is 30.3 Å². The molecule has 1 amide bonds. The van der Waals surface area contributed by atoms with Crippen molar-refractivity contribution in [3.63, 3.8) is 0 Å². The number of rotatable bonds is 7. The second kappa shape index (κ2) is 8.49. The van der Waals surface area contributed by atoms with E-state index in [0.29, 0.717) is 22.2 Å². The second-order valence-corrected chi connectivity index (χ2v) is 6.23. The molecule has 0 aliphatic heterocycles. The summed E-state index contributed by atoms with van der Waals surface area (Å²) in [6.07, 6.45) is 0.960. The van der Waals surface area contributed by atoms with Crippen LogP contribution in [-0.4, -0.2) is 25.1 Å². The first kappa shape index (κ1) is 18.0. The molecule has 5 nitrogen and oxygen atoms in total. The number of hydrogen-bond acceptors (Lipinski definition) is 5. The number of anilines is 1. The second-order valence-electron chi connectivity index (χ2n) is 5.18. The van der Waals surface area contributed by atoms with Crippen LogP contribution in [0.3, 0.4) is 0 Å². The van der Waals surface area contributed by atoms with Crippen molar-refractivity contribution in [3.8, 4) is 5.75 Å². The Morgan fingerprint density at radius 3 is 2.50 bits per heavy atom. The van der Waals surface area contributed by atoms with E-state index in [2.05, 4.69) is 12.2 Å². The van der Waals surface area contributed by atoms with Gasteiger partial charge in [-0.15, -0.1) is 11.3 Å². The van der Waals surface area contributed by atoms with Crippen LogP contribution in [0.1, 0.15) is 34.6 Å². The molecule has 0 bridgehead atoms. The van der Waals surface area contributed by atoms with Crippen LogP contribution < -0.4 is 10.1 Å². The number of carbonyl (C=O) groups is 2. The Morgan fingerprint density at radius 2 is 1.88 bits per heavy atom. The van der Waals surface area contributed by atoms with Crippen molar-refractivity contribution in [2.75, 3.05) is 18.5 Å². The van der Waals surface area contributed by atoms with E-state index >= 15 is 0 Å². The molecule has 2 rings (SSSR count). The van der Waals surface area contributed by atoms with Crippen LogP contribution in [0.25, 0.3) is 0 Å². The van der Waals surface area contributed by atoms with Crippen molar-refractivity contribution in [3.05, 3.63) is 46.3 Å². The summed E-state index contributed by atoms with van der Waals surface area (Å²) in [5, 5.41) is 3.34. The first-order valence-corrected chi connectivity index (χ1v) is 8.64. The molecule has 128 valence electrons. The Morgan fingerprint density at radius 1 is 1.17 bits per heavy atom. The number of ether oxygens (including phenoxy) is 2. The average molecular weight is 347 g/mol. The minimum absolute atomic E-state index is 0.0862. The van der Waals surface area contributed by atoms with Gasteiger partial charge in [-0.2, -0.15) is 0 Å². The summed E-state index contributed by atoms with van der Waals surface area (Å²) in [5.74, 6) is 0.0101. The fraction of sp³-hybridized carbons (Fsp3) is 0.333. The fourth-order valence-corrected chi connectivity index (χ4v) is 3.07. The number of aryl methyl sites for hydroxylation is 2. The predicted octanol–water partition coefficient (Wildman–Crippen LogP) is 3.81. The van der Waals surface area contributed by atoms with Gasteiger partial charge in [-0.05, 0) is 49.6 Å². The molecule has 0 aliphatic carbocycles. The summed E-state index contributed by atoms with van der Waals surface area (Å²) >= 11 is 1.20. The highest BCUT2D eigenvalue weighted by molar-refractivity contribution is 7.18. The van der Waals surface area contributed by atoms with Gasteiger partial charge in [0.2, 0.25) is 0 Å². The van der Waals surface area contributed by atoms with Gasteiger partial charge in [0.25, 0.3) is 5.91 Å². The molecule has 0 unspecified atom stereocenters. The third-order valence-electron chi connectivity index (χ3n) is 3.34. The molecule has 2 aromatic rings. The number of carbonyl (C=O) groups excluding carboxylic acids is 2. The standard InChI is InChI=1S/C18H21NO4S/c1-4-13-6-8-14(9-7-13)23-11-15(20)19-16-10-12(3)17(24-16)18(21)22-5-2/h6-10H,4-5,11H2,1-3H3,(H,19,20). The zero-order chi connectivity index (χ0) is 17.5. The fourth-order valence-electron chi connectivity index (χ4n) is 2.09. The van der Waals surface area contributed by atoms with Gasteiger partial charge in [0.15, 0.2) is 6.61 Å². The lowest BCUT2D eigenvalue weighted by molar-refractivity contribution is -0.118. The van der Waals surface area contributed by atoms with Crippen molar-refractivity contribution < 1.29 is 19.1 Å². The van der Waals surface area contributed by atoms with E-state index in [1.54, 1.807) is 13.0 Å². The van der Waals surface area contributed by atoms with Gasteiger partial charge in [-0.1, -0.05) is 19.1 Å². The summed E-state index contributed by atoms with van der Waals surface area (Å²) in [6.45, 7) is 5.88. The summed E-state index contributed by atoms with van der Waals surface area (Å²) in [7, 11) is 0. The van der Waals surface area contributed by atoms with Gasteiger partial charge >= 0.3 is 5.97 Å². The van der Waals surface area contributed by atoms with E-state index in [4.69, 9.17) is 9.47 Å². The Balaban J connectivity index is 1.90. The number of esters is 1. The number of amides is 1. The number of benzene rings is 1. The van der Waals surface area contributed by atoms with Crippen molar-refractivity contribution in [2.24, 2.45) is 0 Å². The molecule has 1 aromatic carbocycles. The molecule has 0 fully saturated rings. The molecule has 6 heteroatoms. The molecule has 24 heavy (non-hydrogen) atoms. The van der Waals surface area contributed by atoms with Crippen LogP contribution in [0.4, 0.5) is 5.00 Å². The van der Waals surface area contributed by atoms with Crippen LogP contribution in [-0.2, 0) is 16.0 Å². The average Bonchev–Trinajstić information content (AvgIpc) is 2.94. The summed E-state index contributed by atoms with van der Waals surface area (Å²) in [6, 6.07) is 9.40. The molecule has 0 saturated heterocycles. The van der Waals surface area contributed by atoms with E-state index in [9.17, 15) is 9.59 Å². The molecule has 1 aromatic heterocycles. The Labute approximate surface area is 145 Å². The van der Waals surface area contributed by atoms with Crippen molar-refractivity contribution >= 4 is 28.2 Å². The highest BCUT2D eigenvalue weighted by Gasteiger charge is 2.16. The van der Waals surface area contributed by atoms with Crippen molar-refractivity contribution in [1.82, 2.24) is 0 Å². The monoisotopic (exact) mass is 347 g/mol. The van der Waals surface area contributed by atoms with Gasteiger partial charge in [0.05, 0.1) is 11.6 Å². The first-order valence-electron chi connectivity index (χ1n) is 7.82. The Kier molecular flexibility index (Phi) is 6.37. The molecular formula is C18H21NO4S. The minimum Gasteiger partial charge on any atom is -0.484 e. The van der Waals surface area contributed by atoms with Crippen LogP contribution in [0, 0.1) is 6.92 Å². The topological polar surface area (TPSA) is 64.6 Å². The van der Waals surface area contributed by atoms with E-state index in [1.807, 2.05) is 31.2 Å². The quantitative estimate of drug-likeness (QED) is 0.774. The summed E-state index contributed by atoms with van der Waals surface area (Å²) < 4.78 is 10.4. The normalized spacial score (nSPS) is 10.3. The molecule has 1 heterocycles. The maximum absolute atomic E-state index is 12.0. The van der Waals surface area contributed by atoms with Crippen LogP contribution >= 0.6 is 11.3 Å². The van der Waals surface area contributed by atoms with Crippen molar-refractivity contribution in [1.29, 1.82) is 0 Å². The molecule has 1 N–H and O–H groups in total. The largest absolute Gasteiger partial charge is 0.484 e. The zero-order valence-corrected chi connectivity index (χ0v) is 14.9. The lowest BCUT2D eigenvalue weighted by Crippen LogP contribution is -2.19. The lowest BCUT2D eigenvalue weighted by Gasteiger charge is -2.06. The number of nitrogens with one attached hydrogen (secondary N) is 1. The number of hydrogen-bond donors (Lipinski definition) is 1. The molecule has 0 saturated carbocycles. The van der Waals surface area contributed by atoms with E-state index < -0.39 is 0 Å². The van der Waals surface area contributed by atoms with Gasteiger partial charge in [0.1, 0.15) is 10.6 Å². The zero-order valence-electron chi connectivity index (χ0n) is 14.0. The molecule has 0 radical (unpaired) electrons.